The average Bonchev–Trinajstić information content (AvgIpc) is 2.41. The van der Waals surface area contributed by atoms with Gasteiger partial charge in [0.2, 0.25) is 15.9 Å². The molecule has 1 atom stereocenters. The molecule has 1 aromatic carbocycles. The maximum absolute atomic E-state index is 12.1. The molecule has 1 aliphatic heterocycles. The summed E-state index contributed by atoms with van der Waals surface area (Å²) >= 11 is 0. The minimum atomic E-state index is -3.92. The van der Waals surface area contributed by atoms with Gasteiger partial charge in [-0.2, -0.15) is 4.72 Å². The molecule has 1 amide bonds. The SMILES string of the molecule is O=C(O)c1cccc(S(=O)(=O)NC2CCCNC2=O)c1. The molecule has 3 N–H and O–H groups in total. The van der Waals surface area contributed by atoms with Crippen LogP contribution < -0.4 is 10.0 Å². The van der Waals surface area contributed by atoms with Crippen molar-refractivity contribution in [3.05, 3.63) is 29.8 Å². The van der Waals surface area contributed by atoms with Crippen LogP contribution >= 0.6 is 0 Å². The average molecular weight is 298 g/mol. The Hall–Kier alpha value is -1.93. The number of sulfonamides is 1. The van der Waals surface area contributed by atoms with Gasteiger partial charge in [0.1, 0.15) is 6.04 Å². The Bertz CT molecular complexity index is 641. The first kappa shape index (κ1) is 14.5. The Balaban J connectivity index is 2.23. The van der Waals surface area contributed by atoms with Gasteiger partial charge in [-0.25, -0.2) is 13.2 Å². The number of hydrogen-bond acceptors (Lipinski definition) is 4. The first-order chi connectivity index (χ1) is 9.40. The molecule has 0 bridgehead atoms. The van der Waals surface area contributed by atoms with Gasteiger partial charge in [-0.05, 0) is 31.0 Å². The number of rotatable bonds is 4. The van der Waals surface area contributed by atoms with Crippen molar-refractivity contribution in [2.24, 2.45) is 0 Å². The van der Waals surface area contributed by atoms with Crippen LogP contribution in [-0.4, -0.2) is 38.0 Å². The molecule has 1 aromatic rings. The summed E-state index contributed by atoms with van der Waals surface area (Å²) in [6, 6.07) is 4.18. The molecule has 0 aromatic heterocycles. The van der Waals surface area contributed by atoms with Crippen molar-refractivity contribution in [3.8, 4) is 0 Å². The lowest BCUT2D eigenvalue weighted by Crippen LogP contribution is -2.50. The van der Waals surface area contributed by atoms with Gasteiger partial charge in [-0.3, -0.25) is 4.79 Å². The second-order valence-corrected chi connectivity index (χ2v) is 6.15. The second-order valence-electron chi connectivity index (χ2n) is 4.44. The summed E-state index contributed by atoms with van der Waals surface area (Å²) in [5, 5.41) is 11.4. The van der Waals surface area contributed by atoms with Crippen LogP contribution in [0.1, 0.15) is 23.2 Å². The Morgan fingerprint density at radius 1 is 1.40 bits per heavy atom. The Labute approximate surface area is 116 Å². The Morgan fingerprint density at radius 3 is 2.80 bits per heavy atom. The van der Waals surface area contributed by atoms with Crippen LogP contribution in [-0.2, 0) is 14.8 Å². The number of amides is 1. The van der Waals surface area contributed by atoms with Gasteiger partial charge < -0.3 is 10.4 Å². The highest BCUT2D eigenvalue weighted by atomic mass is 32.2. The fraction of sp³-hybridized carbons (Fsp3) is 0.333. The van der Waals surface area contributed by atoms with Gasteiger partial charge in [0.15, 0.2) is 0 Å². The Kier molecular flexibility index (Phi) is 4.05. The van der Waals surface area contributed by atoms with Gasteiger partial charge in [0.05, 0.1) is 10.5 Å². The van der Waals surface area contributed by atoms with E-state index in [1.807, 2.05) is 0 Å². The fourth-order valence-electron chi connectivity index (χ4n) is 1.94. The van der Waals surface area contributed by atoms with Gasteiger partial charge >= 0.3 is 5.97 Å². The van der Waals surface area contributed by atoms with E-state index in [1.165, 1.54) is 18.2 Å². The maximum Gasteiger partial charge on any atom is 0.335 e. The van der Waals surface area contributed by atoms with Crippen molar-refractivity contribution in [2.75, 3.05) is 6.54 Å². The van der Waals surface area contributed by atoms with Gasteiger partial charge in [-0.1, -0.05) is 6.07 Å². The summed E-state index contributed by atoms with van der Waals surface area (Å²) in [4.78, 5) is 22.2. The van der Waals surface area contributed by atoms with Crippen LogP contribution in [0.25, 0.3) is 0 Å². The number of carboxylic acids is 1. The van der Waals surface area contributed by atoms with Gasteiger partial charge in [0, 0.05) is 6.54 Å². The number of nitrogens with one attached hydrogen (secondary N) is 2. The summed E-state index contributed by atoms with van der Waals surface area (Å²) in [6.07, 6.45) is 1.11. The number of carboxylic acid groups (broad SMARTS) is 1. The van der Waals surface area contributed by atoms with Crippen molar-refractivity contribution in [1.29, 1.82) is 0 Å². The lowest BCUT2D eigenvalue weighted by Gasteiger charge is -2.22. The molecule has 0 saturated carbocycles. The fourth-order valence-corrected chi connectivity index (χ4v) is 3.21. The standard InChI is InChI=1S/C12H14N2O5S/c15-11-10(5-2-6-13-11)14-20(18,19)9-4-1-3-8(7-9)12(16)17/h1,3-4,7,10,14H,2,5-6H2,(H,13,15)(H,16,17). The molecular weight excluding hydrogens is 284 g/mol. The summed E-state index contributed by atoms with van der Waals surface area (Å²) in [7, 11) is -3.92. The highest BCUT2D eigenvalue weighted by Crippen LogP contribution is 2.14. The molecule has 1 unspecified atom stereocenters. The molecule has 1 heterocycles. The quantitative estimate of drug-likeness (QED) is 0.721. The summed E-state index contributed by atoms with van der Waals surface area (Å²) < 4.78 is 26.6. The van der Waals surface area contributed by atoms with Crippen LogP contribution in [0.15, 0.2) is 29.2 Å². The van der Waals surface area contributed by atoms with E-state index in [1.54, 1.807) is 0 Å². The molecule has 8 heteroatoms. The summed E-state index contributed by atoms with van der Waals surface area (Å²) in [6.45, 7) is 0.533. The molecule has 0 radical (unpaired) electrons. The van der Waals surface area contributed by atoms with E-state index in [-0.39, 0.29) is 16.4 Å². The predicted molar refractivity (Wildman–Crippen MR) is 69.8 cm³/mol. The summed E-state index contributed by atoms with van der Waals surface area (Å²) in [5.74, 6) is -1.58. The number of aromatic carboxylic acids is 1. The number of carbonyl (C=O) groups is 2. The van der Waals surface area contributed by atoms with Crippen LogP contribution in [0.3, 0.4) is 0 Å². The van der Waals surface area contributed by atoms with Crippen molar-refractivity contribution in [1.82, 2.24) is 10.0 Å². The monoisotopic (exact) mass is 298 g/mol. The zero-order chi connectivity index (χ0) is 14.8. The van der Waals surface area contributed by atoms with E-state index in [4.69, 9.17) is 5.11 Å². The number of benzene rings is 1. The van der Waals surface area contributed by atoms with Crippen LogP contribution in [0.5, 0.6) is 0 Å². The van der Waals surface area contributed by atoms with Gasteiger partial charge in [0.25, 0.3) is 0 Å². The molecule has 1 saturated heterocycles. The molecule has 20 heavy (non-hydrogen) atoms. The Morgan fingerprint density at radius 2 is 2.15 bits per heavy atom. The maximum atomic E-state index is 12.1. The topological polar surface area (TPSA) is 113 Å². The van der Waals surface area contributed by atoms with E-state index in [2.05, 4.69) is 10.0 Å². The van der Waals surface area contributed by atoms with Crippen LogP contribution in [0.4, 0.5) is 0 Å². The molecular formula is C12H14N2O5S. The normalized spacial score (nSPS) is 19.4. The van der Waals surface area contributed by atoms with Crippen molar-refractivity contribution in [3.63, 3.8) is 0 Å². The zero-order valence-electron chi connectivity index (χ0n) is 10.5. The third-order valence-corrected chi connectivity index (χ3v) is 4.44. The highest BCUT2D eigenvalue weighted by molar-refractivity contribution is 7.89. The minimum absolute atomic E-state index is 0.124. The number of piperidine rings is 1. The second kappa shape index (κ2) is 5.59. The van der Waals surface area contributed by atoms with Crippen molar-refractivity contribution >= 4 is 21.9 Å². The molecule has 2 rings (SSSR count). The smallest absolute Gasteiger partial charge is 0.335 e. The minimum Gasteiger partial charge on any atom is -0.478 e. The van der Waals surface area contributed by atoms with Crippen LogP contribution in [0.2, 0.25) is 0 Å². The van der Waals surface area contributed by atoms with E-state index in [0.29, 0.717) is 19.4 Å². The third-order valence-electron chi connectivity index (χ3n) is 2.97. The van der Waals surface area contributed by atoms with Crippen molar-refractivity contribution < 1.29 is 23.1 Å². The van der Waals surface area contributed by atoms with E-state index in [0.717, 1.165) is 6.07 Å². The molecule has 1 aliphatic rings. The molecule has 1 fully saturated rings. The van der Waals surface area contributed by atoms with E-state index >= 15 is 0 Å². The van der Waals surface area contributed by atoms with Crippen molar-refractivity contribution in [2.45, 2.75) is 23.8 Å². The predicted octanol–water partition coefficient (Wildman–Crippen LogP) is -0.0583. The molecule has 0 spiro atoms. The zero-order valence-corrected chi connectivity index (χ0v) is 11.3. The summed E-state index contributed by atoms with van der Waals surface area (Å²) in [5.41, 5.74) is -0.124. The largest absolute Gasteiger partial charge is 0.478 e. The lowest BCUT2D eigenvalue weighted by molar-refractivity contribution is -0.124. The number of carbonyl (C=O) groups excluding carboxylic acids is 1. The number of hydrogen-bond donors (Lipinski definition) is 3. The first-order valence-electron chi connectivity index (χ1n) is 6.03. The van der Waals surface area contributed by atoms with Crippen LogP contribution in [0, 0.1) is 0 Å². The molecule has 0 aliphatic carbocycles. The van der Waals surface area contributed by atoms with Gasteiger partial charge in [-0.15, -0.1) is 0 Å². The first-order valence-corrected chi connectivity index (χ1v) is 7.52. The highest BCUT2D eigenvalue weighted by Gasteiger charge is 2.27. The lowest BCUT2D eigenvalue weighted by atomic mass is 10.1. The van der Waals surface area contributed by atoms with E-state index in [9.17, 15) is 18.0 Å². The molecule has 108 valence electrons. The molecule has 7 nitrogen and oxygen atoms in total. The third kappa shape index (κ3) is 3.14. The van der Waals surface area contributed by atoms with E-state index < -0.39 is 22.0 Å².